The van der Waals surface area contributed by atoms with Gasteiger partial charge in [-0.25, -0.2) is 8.42 Å². The number of nitrogens with one attached hydrogen (secondary N) is 1. The van der Waals surface area contributed by atoms with Gasteiger partial charge in [-0.3, -0.25) is 4.79 Å². The molecule has 0 aliphatic rings. The van der Waals surface area contributed by atoms with Crippen LogP contribution in [0.15, 0.2) is 59.5 Å². The number of carbonyl (C=O) groups is 1. The molecule has 0 amide bonds. The van der Waals surface area contributed by atoms with Gasteiger partial charge in [0, 0.05) is 5.56 Å². The van der Waals surface area contributed by atoms with Crippen molar-refractivity contribution >= 4 is 16.0 Å². The van der Waals surface area contributed by atoms with Crippen LogP contribution in [0.25, 0.3) is 0 Å². The molecule has 2 N–H and O–H groups in total. The number of ether oxygens (including phenoxy) is 1. The lowest BCUT2D eigenvalue weighted by molar-refractivity contribution is -0.150. The zero-order valence-corrected chi connectivity index (χ0v) is 21.0. The summed E-state index contributed by atoms with van der Waals surface area (Å²) in [5.74, 6) is 4.84. The standard InChI is InChI=1S/C27H35NO5S/c1-4-6-7-8-12-20-27(30,21-19-23-13-10-9-11-14-23)25(26(29)33-5-2)28-34(31,32)24-17-15-22(3)16-18-24/h9-11,13-18,25,28,30H,4-8,12,20H2,1-3H3/t25-,27+/m1/s1. The molecule has 184 valence electrons. The van der Waals surface area contributed by atoms with Crippen LogP contribution in [0.5, 0.6) is 0 Å². The van der Waals surface area contributed by atoms with Crippen molar-refractivity contribution in [3.05, 3.63) is 65.7 Å². The van der Waals surface area contributed by atoms with Crippen LogP contribution in [0.4, 0.5) is 0 Å². The Bertz CT molecular complexity index is 1070. The Kier molecular flexibility index (Phi) is 10.8. The van der Waals surface area contributed by atoms with E-state index in [1.54, 1.807) is 31.2 Å². The van der Waals surface area contributed by atoms with Crippen molar-refractivity contribution in [1.29, 1.82) is 0 Å². The number of hydrogen-bond donors (Lipinski definition) is 2. The number of esters is 1. The summed E-state index contributed by atoms with van der Waals surface area (Å²) in [5.41, 5.74) is -0.402. The highest BCUT2D eigenvalue weighted by Crippen LogP contribution is 2.23. The van der Waals surface area contributed by atoms with Crippen LogP contribution in [0.2, 0.25) is 0 Å². The number of carbonyl (C=O) groups excluding carboxylic acids is 1. The summed E-state index contributed by atoms with van der Waals surface area (Å²) in [6.45, 7) is 5.63. The van der Waals surface area contributed by atoms with Gasteiger partial charge in [-0.15, -0.1) is 0 Å². The molecular weight excluding hydrogens is 450 g/mol. The third-order valence-corrected chi connectivity index (χ3v) is 6.90. The van der Waals surface area contributed by atoms with Crippen LogP contribution in [0, 0.1) is 18.8 Å². The molecule has 7 heteroatoms. The second-order valence-electron chi connectivity index (χ2n) is 8.32. The third-order valence-electron chi connectivity index (χ3n) is 5.46. The highest BCUT2D eigenvalue weighted by Gasteiger charge is 2.44. The monoisotopic (exact) mass is 485 g/mol. The Morgan fingerprint density at radius 2 is 1.68 bits per heavy atom. The Labute approximate surface area is 203 Å². The number of unbranched alkanes of at least 4 members (excludes halogenated alkanes) is 4. The predicted octanol–water partition coefficient (Wildman–Crippen LogP) is 4.35. The van der Waals surface area contributed by atoms with E-state index in [0.29, 0.717) is 12.0 Å². The first-order chi connectivity index (χ1) is 16.2. The molecule has 2 aromatic carbocycles. The number of sulfonamides is 1. The Morgan fingerprint density at radius 1 is 1.03 bits per heavy atom. The van der Waals surface area contributed by atoms with Crippen LogP contribution < -0.4 is 4.72 Å². The molecule has 2 rings (SSSR count). The molecule has 0 radical (unpaired) electrons. The fraction of sp³-hybridized carbons (Fsp3) is 0.444. The van der Waals surface area contributed by atoms with E-state index in [-0.39, 0.29) is 17.9 Å². The van der Waals surface area contributed by atoms with Crippen molar-refractivity contribution in [3.63, 3.8) is 0 Å². The lowest BCUT2D eigenvalue weighted by Crippen LogP contribution is -2.57. The zero-order chi connectivity index (χ0) is 25.0. The molecular formula is C27H35NO5S. The average Bonchev–Trinajstić information content (AvgIpc) is 2.82. The minimum absolute atomic E-state index is 0.00582. The maximum Gasteiger partial charge on any atom is 0.328 e. The van der Waals surface area contributed by atoms with E-state index in [1.165, 1.54) is 12.1 Å². The van der Waals surface area contributed by atoms with Crippen LogP contribution in [-0.2, 0) is 19.6 Å². The second kappa shape index (κ2) is 13.3. The van der Waals surface area contributed by atoms with Gasteiger partial charge in [0.2, 0.25) is 10.0 Å². The van der Waals surface area contributed by atoms with Crippen molar-refractivity contribution in [2.45, 2.75) is 75.8 Å². The van der Waals surface area contributed by atoms with Gasteiger partial charge in [0.1, 0.15) is 0 Å². The third kappa shape index (κ3) is 8.28. The average molecular weight is 486 g/mol. The lowest BCUT2D eigenvalue weighted by atomic mass is 9.88. The van der Waals surface area contributed by atoms with Gasteiger partial charge in [-0.05, 0) is 51.0 Å². The second-order valence-corrected chi connectivity index (χ2v) is 10.0. The van der Waals surface area contributed by atoms with Gasteiger partial charge in [0.15, 0.2) is 11.6 Å². The quantitative estimate of drug-likeness (QED) is 0.265. The Balaban J connectivity index is 2.43. The molecule has 0 heterocycles. The maximum atomic E-state index is 13.1. The van der Waals surface area contributed by atoms with Crippen molar-refractivity contribution in [2.24, 2.45) is 0 Å². The number of hydrogen-bond acceptors (Lipinski definition) is 5. The molecule has 0 aliphatic heterocycles. The van der Waals surface area contributed by atoms with Crippen LogP contribution >= 0.6 is 0 Å². The smallest absolute Gasteiger partial charge is 0.328 e. The van der Waals surface area contributed by atoms with E-state index in [0.717, 1.165) is 31.2 Å². The fourth-order valence-electron chi connectivity index (χ4n) is 3.49. The Morgan fingerprint density at radius 3 is 2.29 bits per heavy atom. The molecule has 0 unspecified atom stereocenters. The highest BCUT2D eigenvalue weighted by atomic mass is 32.2. The predicted molar refractivity (Wildman–Crippen MR) is 134 cm³/mol. The van der Waals surface area contributed by atoms with Gasteiger partial charge in [-0.2, -0.15) is 4.72 Å². The first-order valence-corrected chi connectivity index (χ1v) is 13.3. The molecule has 6 nitrogen and oxygen atoms in total. The molecule has 0 aliphatic carbocycles. The number of aryl methyl sites for hydroxylation is 1. The van der Waals surface area contributed by atoms with Crippen molar-refractivity contribution in [2.75, 3.05) is 6.61 Å². The van der Waals surface area contributed by atoms with E-state index >= 15 is 0 Å². The molecule has 0 aromatic heterocycles. The van der Waals surface area contributed by atoms with Crippen LogP contribution in [-0.4, -0.2) is 37.7 Å². The summed E-state index contributed by atoms with van der Waals surface area (Å²) < 4.78 is 33.8. The number of aliphatic hydroxyl groups is 1. The first kappa shape index (κ1) is 27.6. The molecule has 2 atom stereocenters. The zero-order valence-electron chi connectivity index (χ0n) is 20.2. The normalized spacial score (nSPS) is 13.9. The van der Waals surface area contributed by atoms with Gasteiger partial charge < -0.3 is 9.84 Å². The lowest BCUT2D eigenvalue weighted by Gasteiger charge is -2.31. The van der Waals surface area contributed by atoms with E-state index < -0.39 is 27.6 Å². The highest BCUT2D eigenvalue weighted by molar-refractivity contribution is 7.89. The summed E-state index contributed by atoms with van der Waals surface area (Å²) in [7, 11) is -4.12. The van der Waals surface area contributed by atoms with E-state index in [9.17, 15) is 18.3 Å². The van der Waals surface area contributed by atoms with E-state index in [4.69, 9.17) is 4.74 Å². The topological polar surface area (TPSA) is 92.7 Å². The summed E-state index contributed by atoms with van der Waals surface area (Å²) in [6, 6.07) is 13.7. The molecule has 34 heavy (non-hydrogen) atoms. The van der Waals surface area contributed by atoms with Crippen LogP contribution in [0.3, 0.4) is 0 Å². The van der Waals surface area contributed by atoms with Gasteiger partial charge >= 0.3 is 5.97 Å². The first-order valence-electron chi connectivity index (χ1n) is 11.8. The maximum absolute atomic E-state index is 13.1. The van der Waals surface area contributed by atoms with Gasteiger partial charge in [0.25, 0.3) is 0 Å². The molecule has 0 fully saturated rings. The molecule has 0 bridgehead atoms. The molecule has 2 aromatic rings. The fourth-order valence-corrected chi connectivity index (χ4v) is 4.72. The molecule has 0 spiro atoms. The van der Waals surface area contributed by atoms with Gasteiger partial charge in [-0.1, -0.05) is 80.3 Å². The summed E-state index contributed by atoms with van der Waals surface area (Å²) in [6.07, 6.45) is 4.66. The number of benzene rings is 2. The van der Waals surface area contributed by atoms with Crippen LogP contribution in [0.1, 0.15) is 63.5 Å². The summed E-state index contributed by atoms with van der Waals surface area (Å²) in [4.78, 5) is 12.9. The Hall–Kier alpha value is -2.66. The van der Waals surface area contributed by atoms with Crippen molar-refractivity contribution in [3.8, 4) is 11.8 Å². The number of rotatable bonds is 12. The van der Waals surface area contributed by atoms with Crippen molar-refractivity contribution in [1.82, 2.24) is 4.72 Å². The SMILES string of the molecule is CCCCCCC[C@](O)(C#Cc1ccccc1)[C@H](NS(=O)(=O)c1ccc(C)cc1)C(=O)OCC. The van der Waals surface area contributed by atoms with Crippen molar-refractivity contribution < 1.29 is 23.1 Å². The van der Waals surface area contributed by atoms with Gasteiger partial charge in [0.05, 0.1) is 11.5 Å². The summed E-state index contributed by atoms with van der Waals surface area (Å²) in [5, 5.41) is 11.6. The van der Waals surface area contributed by atoms with E-state index in [1.807, 2.05) is 25.1 Å². The minimum atomic E-state index is -4.12. The summed E-state index contributed by atoms with van der Waals surface area (Å²) >= 11 is 0. The van der Waals surface area contributed by atoms with E-state index in [2.05, 4.69) is 23.5 Å². The molecule has 0 saturated heterocycles. The largest absolute Gasteiger partial charge is 0.465 e. The molecule has 0 saturated carbocycles. The minimum Gasteiger partial charge on any atom is -0.465 e.